The summed E-state index contributed by atoms with van der Waals surface area (Å²) in [5.41, 5.74) is 1.36. The van der Waals surface area contributed by atoms with Crippen molar-refractivity contribution in [1.29, 1.82) is 0 Å². The van der Waals surface area contributed by atoms with Crippen molar-refractivity contribution in [3.05, 3.63) is 53.6 Å². The molecule has 4 N–H and O–H groups in total. The van der Waals surface area contributed by atoms with Gasteiger partial charge in [-0.3, -0.25) is 10.1 Å². The molecule has 0 fully saturated rings. The molecule has 26 heavy (non-hydrogen) atoms. The zero-order chi connectivity index (χ0) is 18.7. The Morgan fingerprint density at radius 1 is 1.19 bits per heavy atom. The maximum absolute atomic E-state index is 12.3. The topological polar surface area (TPSA) is 124 Å². The number of carbonyl (C=O) groups excluding carboxylic acids is 1. The van der Waals surface area contributed by atoms with Crippen LogP contribution >= 0.6 is 11.6 Å². The van der Waals surface area contributed by atoms with E-state index in [0.29, 0.717) is 16.1 Å². The molecular weight excluding hydrogens is 380 g/mol. The minimum absolute atomic E-state index is 0.0723. The quantitative estimate of drug-likeness (QED) is 0.504. The summed E-state index contributed by atoms with van der Waals surface area (Å²) >= 11 is 5.74. The van der Waals surface area contributed by atoms with Gasteiger partial charge in [-0.1, -0.05) is 23.7 Å². The van der Waals surface area contributed by atoms with E-state index >= 15 is 0 Å². The van der Waals surface area contributed by atoms with Gasteiger partial charge in [0.2, 0.25) is 21.9 Å². The number of imidazole rings is 1. The Labute approximate surface area is 154 Å². The lowest BCUT2D eigenvalue weighted by Crippen LogP contribution is -2.46. The van der Waals surface area contributed by atoms with Gasteiger partial charge >= 0.3 is 0 Å². The Kier molecular flexibility index (Phi) is 5.23. The van der Waals surface area contributed by atoms with Crippen molar-refractivity contribution in [2.24, 2.45) is 0 Å². The van der Waals surface area contributed by atoms with Gasteiger partial charge in [0.25, 0.3) is 0 Å². The number of H-pyrrole nitrogens is 1. The standard InChI is InChI=1S/C16H15ClN4O4S/c17-10-5-7-11(8-6-10)26(24,25)21-14(9-22)15(23)20-16-18-12-3-1-2-4-13(12)19-16/h1-8,14,21-22H,9H2,(H2,18,19,20,23). The molecule has 136 valence electrons. The number of nitrogens with one attached hydrogen (secondary N) is 3. The minimum atomic E-state index is -4.01. The van der Waals surface area contributed by atoms with Crippen LogP contribution in [0, 0.1) is 0 Å². The number of sulfonamides is 1. The van der Waals surface area contributed by atoms with Crippen LogP contribution in [0.2, 0.25) is 5.02 Å². The van der Waals surface area contributed by atoms with Crippen LogP contribution in [0.15, 0.2) is 53.4 Å². The first kappa shape index (κ1) is 18.3. The molecule has 0 aliphatic carbocycles. The lowest BCUT2D eigenvalue weighted by atomic mass is 10.3. The van der Waals surface area contributed by atoms with Crippen LogP contribution in [0.3, 0.4) is 0 Å². The molecular formula is C16H15ClN4O4S. The SMILES string of the molecule is O=C(Nc1nc2ccccc2[nH]1)C(CO)NS(=O)(=O)c1ccc(Cl)cc1. The highest BCUT2D eigenvalue weighted by molar-refractivity contribution is 7.89. The molecule has 10 heteroatoms. The highest BCUT2D eigenvalue weighted by Crippen LogP contribution is 2.15. The van der Waals surface area contributed by atoms with Crippen LogP contribution in [-0.4, -0.2) is 42.0 Å². The molecule has 1 aromatic heterocycles. The molecule has 0 aliphatic heterocycles. The van der Waals surface area contributed by atoms with Gasteiger partial charge in [-0.15, -0.1) is 0 Å². The smallest absolute Gasteiger partial charge is 0.247 e. The third-order valence-electron chi connectivity index (χ3n) is 3.55. The Morgan fingerprint density at radius 2 is 1.88 bits per heavy atom. The Bertz CT molecular complexity index is 1000. The number of halogens is 1. The van der Waals surface area contributed by atoms with E-state index in [0.717, 1.165) is 0 Å². The number of fused-ring (bicyclic) bond motifs is 1. The van der Waals surface area contributed by atoms with Crippen LogP contribution in [-0.2, 0) is 14.8 Å². The maximum atomic E-state index is 12.3. The van der Waals surface area contributed by atoms with Crippen molar-refractivity contribution in [3.8, 4) is 0 Å². The van der Waals surface area contributed by atoms with Gasteiger partial charge in [-0.2, -0.15) is 4.72 Å². The van der Waals surface area contributed by atoms with Gasteiger partial charge in [0, 0.05) is 5.02 Å². The second kappa shape index (κ2) is 7.42. The average Bonchev–Trinajstić information content (AvgIpc) is 3.02. The number of benzene rings is 2. The highest BCUT2D eigenvalue weighted by atomic mass is 35.5. The Balaban J connectivity index is 1.75. The van der Waals surface area contributed by atoms with E-state index in [1.54, 1.807) is 18.2 Å². The lowest BCUT2D eigenvalue weighted by Gasteiger charge is -2.15. The molecule has 0 saturated heterocycles. The van der Waals surface area contributed by atoms with E-state index in [-0.39, 0.29) is 10.8 Å². The van der Waals surface area contributed by atoms with Crippen LogP contribution in [0.1, 0.15) is 0 Å². The number of amides is 1. The minimum Gasteiger partial charge on any atom is -0.394 e. The van der Waals surface area contributed by atoms with Gasteiger partial charge in [0.1, 0.15) is 6.04 Å². The van der Waals surface area contributed by atoms with E-state index in [9.17, 15) is 18.3 Å². The van der Waals surface area contributed by atoms with Crippen LogP contribution in [0.4, 0.5) is 5.95 Å². The molecule has 0 spiro atoms. The molecule has 0 aliphatic rings. The van der Waals surface area contributed by atoms with E-state index in [1.807, 2.05) is 6.07 Å². The van der Waals surface area contributed by atoms with E-state index in [2.05, 4.69) is 20.0 Å². The van der Waals surface area contributed by atoms with Crippen molar-refractivity contribution in [1.82, 2.24) is 14.7 Å². The molecule has 0 saturated carbocycles. The normalized spacial score (nSPS) is 12.8. The van der Waals surface area contributed by atoms with Gasteiger partial charge in [0.15, 0.2) is 0 Å². The number of aromatic nitrogens is 2. The van der Waals surface area contributed by atoms with E-state index in [4.69, 9.17) is 11.6 Å². The number of anilines is 1. The predicted molar refractivity (Wildman–Crippen MR) is 97.4 cm³/mol. The summed E-state index contributed by atoms with van der Waals surface area (Å²) in [7, 11) is -4.01. The number of nitrogens with zero attached hydrogens (tertiary/aromatic N) is 1. The highest BCUT2D eigenvalue weighted by Gasteiger charge is 2.25. The molecule has 8 nitrogen and oxygen atoms in total. The molecule has 3 rings (SSSR count). The largest absolute Gasteiger partial charge is 0.394 e. The predicted octanol–water partition coefficient (Wildman–Crippen LogP) is 1.49. The fraction of sp³-hybridized carbons (Fsp3) is 0.125. The third kappa shape index (κ3) is 4.02. The zero-order valence-corrected chi connectivity index (χ0v) is 14.9. The molecule has 3 aromatic rings. The van der Waals surface area contributed by atoms with Gasteiger partial charge in [0.05, 0.1) is 22.5 Å². The molecule has 0 bridgehead atoms. The Hall–Kier alpha value is -2.46. The molecule has 1 atom stereocenters. The number of carbonyl (C=O) groups is 1. The number of hydrogen-bond acceptors (Lipinski definition) is 5. The van der Waals surface area contributed by atoms with E-state index < -0.39 is 28.6 Å². The number of aromatic amines is 1. The molecule has 1 amide bonds. The summed E-state index contributed by atoms with van der Waals surface area (Å²) in [6, 6.07) is 11.2. The first-order chi connectivity index (χ1) is 12.4. The maximum Gasteiger partial charge on any atom is 0.247 e. The van der Waals surface area contributed by atoms with Gasteiger partial charge in [-0.25, -0.2) is 13.4 Å². The zero-order valence-electron chi connectivity index (χ0n) is 13.3. The van der Waals surface area contributed by atoms with Crippen molar-refractivity contribution in [3.63, 3.8) is 0 Å². The number of hydrogen-bond donors (Lipinski definition) is 4. The van der Waals surface area contributed by atoms with Crippen molar-refractivity contribution in [2.75, 3.05) is 11.9 Å². The summed E-state index contributed by atoms with van der Waals surface area (Å²) in [6.45, 7) is -0.723. The first-order valence-corrected chi connectivity index (χ1v) is 9.39. The second-order valence-corrected chi connectivity index (χ2v) is 7.55. The van der Waals surface area contributed by atoms with Gasteiger partial charge in [-0.05, 0) is 36.4 Å². The number of para-hydroxylation sites is 2. The fourth-order valence-corrected chi connectivity index (χ4v) is 3.57. The van der Waals surface area contributed by atoms with Crippen molar-refractivity contribution < 1.29 is 18.3 Å². The summed E-state index contributed by atoms with van der Waals surface area (Å²) in [5.74, 6) is -0.593. The number of aliphatic hydroxyl groups is 1. The second-order valence-electron chi connectivity index (χ2n) is 5.40. The summed E-state index contributed by atoms with van der Waals surface area (Å²) in [5, 5.41) is 12.3. The fourth-order valence-electron chi connectivity index (χ4n) is 2.26. The number of rotatable bonds is 6. The lowest BCUT2D eigenvalue weighted by molar-refractivity contribution is -0.118. The average molecular weight is 395 g/mol. The van der Waals surface area contributed by atoms with E-state index in [1.165, 1.54) is 24.3 Å². The number of aliphatic hydroxyl groups excluding tert-OH is 1. The molecule has 0 radical (unpaired) electrons. The summed E-state index contributed by atoms with van der Waals surface area (Å²) in [4.78, 5) is 19.3. The first-order valence-electron chi connectivity index (χ1n) is 7.53. The molecule has 2 aromatic carbocycles. The van der Waals surface area contributed by atoms with Crippen molar-refractivity contribution in [2.45, 2.75) is 10.9 Å². The van der Waals surface area contributed by atoms with Crippen LogP contribution in [0.25, 0.3) is 11.0 Å². The monoisotopic (exact) mass is 394 g/mol. The van der Waals surface area contributed by atoms with Crippen molar-refractivity contribution >= 4 is 44.5 Å². The Morgan fingerprint density at radius 3 is 2.54 bits per heavy atom. The molecule has 1 heterocycles. The summed E-state index contributed by atoms with van der Waals surface area (Å²) < 4.78 is 26.8. The van der Waals surface area contributed by atoms with Gasteiger partial charge < -0.3 is 10.1 Å². The molecule has 1 unspecified atom stereocenters. The van der Waals surface area contributed by atoms with Crippen LogP contribution < -0.4 is 10.0 Å². The van der Waals surface area contributed by atoms with Crippen LogP contribution in [0.5, 0.6) is 0 Å². The summed E-state index contributed by atoms with van der Waals surface area (Å²) in [6.07, 6.45) is 0. The third-order valence-corrected chi connectivity index (χ3v) is 5.29.